The van der Waals surface area contributed by atoms with E-state index in [1.54, 1.807) is 0 Å². The molecule has 0 bridgehead atoms. The first kappa shape index (κ1) is 10.6. The Hall–Kier alpha value is -1.52. The molecule has 78 valence electrons. The van der Waals surface area contributed by atoms with Crippen molar-refractivity contribution < 1.29 is 4.74 Å². The summed E-state index contributed by atoms with van der Waals surface area (Å²) in [4.78, 5) is 10.0. The van der Waals surface area contributed by atoms with Gasteiger partial charge in [-0.05, 0) is 13.8 Å². The Bertz CT molecular complexity index is 314. The molecule has 0 saturated carbocycles. The molecule has 0 aliphatic heterocycles. The van der Waals surface area contributed by atoms with Crippen molar-refractivity contribution in [2.75, 3.05) is 24.8 Å². The van der Waals surface area contributed by atoms with Crippen molar-refractivity contribution in [1.82, 2.24) is 9.97 Å². The van der Waals surface area contributed by atoms with Crippen LogP contribution in [-0.2, 0) is 0 Å². The number of ether oxygens (including phenoxy) is 1. The van der Waals surface area contributed by atoms with Crippen molar-refractivity contribution in [1.29, 1.82) is 0 Å². The van der Waals surface area contributed by atoms with E-state index in [-0.39, 0.29) is 0 Å². The molecule has 0 unspecified atom stereocenters. The predicted molar refractivity (Wildman–Crippen MR) is 56.5 cm³/mol. The molecule has 0 spiro atoms. The number of nitrogens with zero attached hydrogens (tertiary/aromatic N) is 3. The van der Waals surface area contributed by atoms with E-state index in [0.29, 0.717) is 23.4 Å². The molecule has 14 heavy (non-hydrogen) atoms. The van der Waals surface area contributed by atoms with Crippen LogP contribution in [0.5, 0.6) is 5.88 Å². The Labute approximate surface area is 83.9 Å². The van der Waals surface area contributed by atoms with Gasteiger partial charge in [0.15, 0.2) is 5.82 Å². The van der Waals surface area contributed by atoms with Gasteiger partial charge in [-0.3, -0.25) is 0 Å². The predicted octanol–water partition coefficient (Wildman–Crippen LogP) is 0.912. The quantitative estimate of drug-likeness (QED) is 0.778. The number of nitrogen functional groups attached to an aromatic ring is 1. The van der Waals surface area contributed by atoms with Crippen LogP contribution in [0, 0.1) is 0 Å². The van der Waals surface area contributed by atoms with Crippen LogP contribution in [0.4, 0.5) is 11.5 Å². The molecule has 0 aliphatic carbocycles. The summed E-state index contributed by atoms with van der Waals surface area (Å²) >= 11 is 0. The van der Waals surface area contributed by atoms with Gasteiger partial charge in [0.25, 0.3) is 0 Å². The van der Waals surface area contributed by atoms with Crippen LogP contribution in [0.15, 0.2) is 6.33 Å². The van der Waals surface area contributed by atoms with Gasteiger partial charge in [-0.25, -0.2) is 4.98 Å². The monoisotopic (exact) mass is 196 g/mol. The van der Waals surface area contributed by atoms with E-state index in [9.17, 15) is 0 Å². The van der Waals surface area contributed by atoms with Gasteiger partial charge >= 0.3 is 0 Å². The van der Waals surface area contributed by atoms with Crippen LogP contribution in [0.25, 0.3) is 0 Å². The molecule has 1 aromatic rings. The Morgan fingerprint density at radius 3 is 2.57 bits per heavy atom. The van der Waals surface area contributed by atoms with Crippen LogP contribution >= 0.6 is 0 Å². The summed E-state index contributed by atoms with van der Waals surface area (Å²) in [6, 6.07) is 0.330. The van der Waals surface area contributed by atoms with Gasteiger partial charge in [-0.2, -0.15) is 4.98 Å². The molecular weight excluding hydrogens is 180 g/mol. The van der Waals surface area contributed by atoms with Crippen molar-refractivity contribution in [2.45, 2.75) is 19.9 Å². The summed E-state index contributed by atoms with van der Waals surface area (Å²) < 4.78 is 5.01. The van der Waals surface area contributed by atoms with Crippen LogP contribution in [0.2, 0.25) is 0 Å². The topological polar surface area (TPSA) is 64.3 Å². The number of anilines is 2. The molecule has 0 atom stereocenters. The largest absolute Gasteiger partial charge is 0.479 e. The number of hydrogen-bond acceptors (Lipinski definition) is 5. The first-order valence-corrected chi connectivity index (χ1v) is 4.45. The third-order valence-corrected chi connectivity index (χ3v) is 2.13. The second kappa shape index (κ2) is 4.13. The van der Waals surface area contributed by atoms with E-state index in [1.807, 2.05) is 11.9 Å². The summed E-state index contributed by atoms with van der Waals surface area (Å²) in [6.45, 7) is 4.13. The first-order chi connectivity index (χ1) is 6.57. The maximum atomic E-state index is 5.84. The minimum atomic E-state index is 0.330. The molecule has 1 rings (SSSR count). The highest BCUT2D eigenvalue weighted by Crippen LogP contribution is 2.27. The molecule has 0 aliphatic rings. The van der Waals surface area contributed by atoms with Gasteiger partial charge in [0.1, 0.15) is 12.0 Å². The Morgan fingerprint density at radius 1 is 1.43 bits per heavy atom. The van der Waals surface area contributed by atoms with Gasteiger partial charge in [0.2, 0.25) is 5.88 Å². The number of methoxy groups -OCH3 is 1. The normalized spacial score (nSPS) is 10.4. The minimum Gasteiger partial charge on any atom is -0.479 e. The van der Waals surface area contributed by atoms with Gasteiger partial charge in [-0.1, -0.05) is 0 Å². The zero-order chi connectivity index (χ0) is 10.7. The van der Waals surface area contributed by atoms with Gasteiger partial charge in [0.05, 0.1) is 7.11 Å². The average Bonchev–Trinajstić information content (AvgIpc) is 2.17. The smallest absolute Gasteiger partial charge is 0.242 e. The molecule has 2 N–H and O–H groups in total. The summed E-state index contributed by atoms with van der Waals surface area (Å²) in [5, 5.41) is 0. The standard InChI is InChI=1S/C9H16N4O/c1-6(2)13(3)8-7(10)9(14-4)12-5-11-8/h5-6H,10H2,1-4H3. The van der Waals surface area contributed by atoms with E-state index in [4.69, 9.17) is 10.5 Å². The minimum absolute atomic E-state index is 0.330. The molecular formula is C9H16N4O. The fourth-order valence-electron chi connectivity index (χ4n) is 1.06. The highest BCUT2D eigenvalue weighted by molar-refractivity contribution is 5.67. The fraction of sp³-hybridized carbons (Fsp3) is 0.556. The molecule has 0 fully saturated rings. The molecule has 1 heterocycles. The number of rotatable bonds is 3. The van der Waals surface area contributed by atoms with E-state index < -0.39 is 0 Å². The maximum absolute atomic E-state index is 5.84. The van der Waals surface area contributed by atoms with Crippen LogP contribution < -0.4 is 15.4 Å². The molecule has 0 amide bonds. The third-order valence-electron chi connectivity index (χ3n) is 2.13. The Kier molecular flexibility index (Phi) is 3.11. The molecule has 1 aromatic heterocycles. The SMILES string of the molecule is COc1ncnc(N(C)C(C)C)c1N. The summed E-state index contributed by atoms with van der Waals surface area (Å²) in [6.07, 6.45) is 1.45. The van der Waals surface area contributed by atoms with Crippen LogP contribution in [0.3, 0.4) is 0 Å². The number of aromatic nitrogens is 2. The summed E-state index contributed by atoms with van der Waals surface area (Å²) in [5.74, 6) is 1.12. The lowest BCUT2D eigenvalue weighted by atomic mass is 10.3. The van der Waals surface area contributed by atoms with Crippen molar-refractivity contribution in [3.05, 3.63) is 6.33 Å². The van der Waals surface area contributed by atoms with Crippen LogP contribution in [0.1, 0.15) is 13.8 Å². The van der Waals surface area contributed by atoms with E-state index >= 15 is 0 Å². The number of hydrogen-bond donors (Lipinski definition) is 1. The highest BCUT2D eigenvalue weighted by atomic mass is 16.5. The highest BCUT2D eigenvalue weighted by Gasteiger charge is 2.13. The summed E-state index contributed by atoms with van der Waals surface area (Å²) in [5.41, 5.74) is 6.32. The van der Waals surface area contributed by atoms with E-state index in [2.05, 4.69) is 23.8 Å². The number of nitrogens with two attached hydrogens (primary N) is 1. The van der Waals surface area contributed by atoms with Crippen molar-refractivity contribution in [3.8, 4) is 5.88 Å². The lowest BCUT2D eigenvalue weighted by molar-refractivity contribution is 0.399. The zero-order valence-corrected chi connectivity index (χ0v) is 8.98. The van der Waals surface area contributed by atoms with Crippen LogP contribution in [-0.4, -0.2) is 30.2 Å². The third kappa shape index (κ3) is 1.86. The molecule has 0 saturated heterocycles. The Morgan fingerprint density at radius 2 is 2.07 bits per heavy atom. The lowest BCUT2D eigenvalue weighted by Crippen LogP contribution is -2.27. The molecule has 0 radical (unpaired) electrons. The zero-order valence-electron chi connectivity index (χ0n) is 8.98. The summed E-state index contributed by atoms with van der Waals surface area (Å²) in [7, 11) is 3.47. The Balaban J connectivity index is 3.09. The van der Waals surface area contributed by atoms with Gasteiger partial charge in [-0.15, -0.1) is 0 Å². The average molecular weight is 196 g/mol. The fourth-order valence-corrected chi connectivity index (χ4v) is 1.06. The van der Waals surface area contributed by atoms with Crippen molar-refractivity contribution >= 4 is 11.5 Å². The second-order valence-corrected chi connectivity index (χ2v) is 3.32. The second-order valence-electron chi connectivity index (χ2n) is 3.32. The van der Waals surface area contributed by atoms with E-state index in [0.717, 1.165) is 0 Å². The lowest BCUT2D eigenvalue weighted by Gasteiger charge is -2.23. The molecule has 5 heteroatoms. The van der Waals surface area contributed by atoms with Gasteiger partial charge < -0.3 is 15.4 Å². The van der Waals surface area contributed by atoms with Crippen molar-refractivity contribution in [3.63, 3.8) is 0 Å². The molecule has 5 nitrogen and oxygen atoms in total. The van der Waals surface area contributed by atoms with Crippen molar-refractivity contribution in [2.24, 2.45) is 0 Å². The molecule has 0 aromatic carbocycles. The first-order valence-electron chi connectivity index (χ1n) is 4.45. The van der Waals surface area contributed by atoms with Gasteiger partial charge in [0, 0.05) is 13.1 Å². The van der Waals surface area contributed by atoms with E-state index in [1.165, 1.54) is 13.4 Å². The maximum Gasteiger partial charge on any atom is 0.242 e.